The second-order valence-electron chi connectivity index (χ2n) is 16.5. The normalized spacial score (nSPS) is 13.0. The van der Waals surface area contributed by atoms with Crippen molar-refractivity contribution in [3.8, 4) is 0 Å². The summed E-state index contributed by atoms with van der Waals surface area (Å²) in [5.41, 5.74) is 0. The number of unbranched alkanes of at least 4 members (excludes halogenated alkanes) is 30. The maximum Gasteiger partial charge on any atom is 0.305 e. The van der Waals surface area contributed by atoms with Crippen LogP contribution in [0.15, 0.2) is 36.5 Å². The molecular weight excluding hydrogens is 695 g/mol. The van der Waals surface area contributed by atoms with Gasteiger partial charge in [-0.15, -0.1) is 0 Å². The van der Waals surface area contributed by atoms with E-state index in [1.807, 2.05) is 6.08 Å². The average molecular weight is 788 g/mol. The van der Waals surface area contributed by atoms with Gasteiger partial charge < -0.3 is 20.3 Å². The lowest BCUT2D eigenvalue weighted by Crippen LogP contribution is -2.45. The van der Waals surface area contributed by atoms with E-state index in [1.165, 1.54) is 141 Å². The zero-order valence-electron chi connectivity index (χ0n) is 37.1. The van der Waals surface area contributed by atoms with Crippen molar-refractivity contribution >= 4 is 11.9 Å². The number of hydrogen-bond donors (Lipinski definition) is 3. The van der Waals surface area contributed by atoms with Crippen molar-refractivity contribution in [1.29, 1.82) is 0 Å². The lowest BCUT2D eigenvalue weighted by atomic mass is 10.0. The third-order valence-electron chi connectivity index (χ3n) is 10.9. The van der Waals surface area contributed by atoms with Crippen molar-refractivity contribution in [2.24, 2.45) is 0 Å². The van der Waals surface area contributed by atoms with E-state index in [0.717, 1.165) is 77.0 Å². The van der Waals surface area contributed by atoms with Gasteiger partial charge in [-0.2, -0.15) is 0 Å². The van der Waals surface area contributed by atoms with Gasteiger partial charge in [-0.25, -0.2) is 0 Å². The molecule has 1 amide bonds. The summed E-state index contributed by atoms with van der Waals surface area (Å²) in [6.07, 6.45) is 54.2. The Morgan fingerprint density at radius 3 is 1.32 bits per heavy atom. The Bertz CT molecular complexity index is 915. The standard InChI is InChI=1S/C50H93NO5/c1-3-5-7-9-11-13-15-19-23-26-30-34-38-42-48(53)47(46-52)51-49(54)43-39-35-31-27-24-20-17-16-18-21-25-29-33-37-41-45-56-50(55)44-40-36-32-28-22-14-12-10-8-6-4-2/h16,18,21,25,38,42,47-48,52-53H,3-15,17,19-20,22-24,26-37,39-41,43-46H2,1-2H3,(H,51,54)/b18-16-,25-21-,42-38+. The first kappa shape index (κ1) is 54.1. The van der Waals surface area contributed by atoms with Gasteiger partial charge in [-0.1, -0.05) is 204 Å². The fourth-order valence-electron chi connectivity index (χ4n) is 7.15. The SMILES string of the molecule is CCCCCCCCCCCCC/C=C/C(O)C(CO)NC(=O)CCCCCCCC/C=C\C=C/CCCCCOC(=O)CCCCCCCCCCCCC. The molecule has 6 heteroatoms. The monoisotopic (exact) mass is 788 g/mol. The molecule has 2 atom stereocenters. The Kier molecular flexibility index (Phi) is 44.2. The summed E-state index contributed by atoms with van der Waals surface area (Å²) < 4.78 is 5.42. The van der Waals surface area contributed by atoms with Gasteiger partial charge in [0.1, 0.15) is 0 Å². The molecule has 6 nitrogen and oxygen atoms in total. The van der Waals surface area contributed by atoms with Gasteiger partial charge in [0.05, 0.1) is 25.4 Å². The van der Waals surface area contributed by atoms with Crippen LogP contribution in [0.3, 0.4) is 0 Å². The quantitative estimate of drug-likeness (QED) is 0.0247. The van der Waals surface area contributed by atoms with Crippen LogP contribution in [-0.4, -0.2) is 47.4 Å². The largest absolute Gasteiger partial charge is 0.466 e. The van der Waals surface area contributed by atoms with Crippen LogP contribution in [0.25, 0.3) is 0 Å². The summed E-state index contributed by atoms with van der Waals surface area (Å²) in [4.78, 5) is 24.3. The Labute approximate surface area is 347 Å². The number of hydrogen-bond acceptors (Lipinski definition) is 5. The zero-order chi connectivity index (χ0) is 40.8. The third kappa shape index (κ3) is 41.7. The van der Waals surface area contributed by atoms with Gasteiger partial charge in [0.2, 0.25) is 5.91 Å². The molecule has 0 aliphatic carbocycles. The minimum absolute atomic E-state index is 0.0240. The lowest BCUT2D eigenvalue weighted by Gasteiger charge is -2.20. The summed E-state index contributed by atoms with van der Waals surface area (Å²) in [7, 11) is 0. The second-order valence-corrected chi connectivity index (χ2v) is 16.5. The van der Waals surface area contributed by atoms with Gasteiger partial charge in [-0.3, -0.25) is 9.59 Å². The molecule has 0 spiro atoms. The average Bonchev–Trinajstić information content (AvgIpc) is 3.20. The molecule has 0 radical (unpaired) electrons. The van der Waals surface area contributed by atoms with Crippen LogP contribution in [0.2, 0.25) is 0 Å². The Hall–Kier alpha value is -1.92. The lowest BCUT2D eigenvalue weighted by molar-refractivity contribution is -0.143. The number of allylic oxidation sites excluding steroid dienone is 5. The molecule has 0 bridgehead atoms. The Morgan fingerprint density at radius 1 is 0.500 bits per heavy atom. The van der Waals surface area contributed by atoms with Crippen LogP contribution < -0.4 is 5.32 Å². The Balaban J connectivity index is 3.58. The molecule has 0 rings (SSSR count). The zero-order valence-corrected chi connectivity index (χ0v) is 37.1. The molecule has 0 aromatic rings. The highest BCUT2D eigenvalue weighted by Gasteiger charge is 2.18. The predicted octanol–water partition coefficient (Wildman–Crippen LogP) is 14.1. The predicted molar refractivity (Wildman–Crippen MR) is 241 cm³/mol. The van der Waals surface area contributed by atoms with Gasteiger partial charge >= 0.3 is 5.97 Å². The minimum atomic E-state index is -0.857. The van der Waals surface area contributed by atoms with Crippen molar-refractivity contribution < 1.29 is 24.5 Å². The third-order valence-corrected chi connectivity index (χ3v) is 10.9. The van der Waals surface area contributed by atoms with E-state index in [2.05, 4.69) is 43.5 Å². The van der Waals surface area contributed by atoms with Crippen LogP contribution in [0.4, 0.5) is 0 Å². The van der Waals surface area contributed by atoms with Crippen LogP contribution >= 0.6 is 0 Å². The fourth-order valence-corrected chi connectivity index (χ4v) is 7.15. The molecule has 2 unspecified atom stereocenters. The number of esters is 1. The number of carbonyl (C=O) groups excluding carboxylic acids is 2. The van der Waals surface area contributed by atoms with Crippen LogP contribution in [0.1, 0.15) is 245 Å². The van der Waals surface area contributed by atoms with E-state index in [9.17, 15) is 19.8 Å². The molecule has 0 saturated heterocycles. The van der Waals surface area contributed by atoms with Crippen molar-refractivity contribution in [1.82, 2.24) is 5.32 Å². The molecule has 0 heterocycles. The van der Waals surface area contributed by atoms with E-state index < -0.39 is 12.1 Å². The van der Waals surface area contributed by atoms with Gasteiger partial charge in [0.15, 0.2) is 0 Å². The topological polar surface area (TPSA) is 95.9 Å². The van der Waals surface area contributed by atoms with Gasteiger partial charge in [0, 0.05) is 12.8 Å². The first-order valence-electron chi connectivity index (χ1n) is 24.3. The molecule has 0 saturated carbocycles. The molecule has 0 fully saturated rings. The summed E-state index contributed by atoms with van der Waals surface area (Å²) in [5.74, 6) is -0.116. The number of amides is 1. The number of aliphatic hydroxyl groups is 2. The molecular formula is C50H93NO5. The molecule has 0 aliphatic heterocycles. The number of aliphatic hydroxyl groups excluding tert-OH is 2. The number of nitrogens with one attached hydrogen (secondary N) is 1. The molecule has 0 aromatic heterocycles. The number of carbonyl (C=O) groups is 2. The van der Waals surface area contributed by atoms with E-state index in [-0.39, 0.29) is 18.5 Å². The molecule has 328 valence electrons. The van der Waals surface area contributed by atoms with Crippen LogP contribution in [0.5, 0.6) is 0 Å². The van der Waals surface area contributed by atoms with Crippen LogP contribution in [0, 0.1) is 0 Å². The molecule has 3 N–H and O–H groups in total. The molecule has 0 aliphatic rings. The summed E-state index contributed by atoms with van der Waals surface area (Å²) >= 11 is 0. The van der Waals surface area contributed by atoms with Crippen molar-refractivity contribution in [3.63, 3.8) is 0 Å². The molecule has 56 heavy (non-hydrogen) atoms. The summed E-state index contributed by atoms with van der Waals surface area (Å²) in [6.45, 7) is 4.82. The van der Waals surface area contributed by atoms with Crippen molar-refractivity contribution in [2.75, 3.05) is 13.2 Å². The van der Waals surface area contributed by atoms with E-state index in [4.69, 9.17) is 4.74 Å². The van der Waals surface area contributed by atoms with Gasteiger partial charge in [-0.05, 0) is 64.2 Å². The van der Waals surface area contributed by atoms with Crippen LogP contribution in [-0.2, 0) is 14.3 Å². The van der Waals surface area contributed by atoms with E-state index in [0.29, 0.717) is 19.4 Å². The first-order chi connectivity index (χ1) is 27.5. The minimum Gasteiger partial charge on any atom is -0.466 e. The maximum absolute atomic E-state index is 12.4. The maximum atomic E-state index is 12.4. The van der Waals surface area contributed by atoms with E-state index in [1.54, 1.807) is 6.08 Å². The number of rotatable bonds is 44. The van der Waals surface area contributed by atoms with E-state index >= 15 is 0 Å². The van der Waals surface area contributed by atoms with Gasteiger partial charge in [0.25, 0.3) is 0 Å². The van der Waals surface area contributed by atoms with Crippen molar-refractivity contribution in [2.45, 2.75) is 257 Å². The number of ether oxygens (including phenoxy) is 1. The highest BCUT2D eigenvalue weighted by Crippen LogP contribution is 2.14. The molecule has 0 aromatic carbocycles. The Morgan fingerprint density at radius 2 is 0.875 bits per heavy atom. The van der Waals surface area contributed by atoms with Crippen molar-refractivity contribution in [3.05, 3.63) is 36.5 Å². The first-order valence-corrected chi connectivity index (χ1v) is 24.3. The highest BCUT2D eigenvalue weighted by atomic mass is 16.5. The summed E-state index contributed by atoms with van der Waals surface area (Å²) in [5, 5.41) is 23.0. The summed E-state index contributed by atoms with van der Waals surface area (Å²) in [6, 6.07) is -0.643. The highest BCUT2D eigenvalue weighted by molar-refractivity contribution is 5.76. The smallest absolute Gasteiger partial charge is 0.305 e. The fraction of sp³-hybridized carbons (Fsp3) is 0.840. The second kappa shape index (κ2) is 45.8.